The van der Waals surface area contributed by atoms with Crippen LogP contribution in [0.2, 0.25) is 5.02 Å². The second-order valence-corrected chi connectivity index (χ2v) is 5.30. The lowest BCUT2D eigenvalue weighted by molar-refractivity contribution is 0.582. The lowest BCUT2D eigenvalue weighted by Gasteiger charge is -2.31. The van der Waals surface area contributed by atoms with E-state index in [2.05, 4.69) is 6.92 Å². The van der Waals surface area contributed by atoms with Crippen molar-refractivity contribution in [2.45, 2.75) is 38.6 Å². The van der Waals surface area contributed by atoms with Crippen LogP contribution in [0.5, 0.6) is 0 Å². The molecule has 0 spiro atoms. The van der Waals surface area contributed by atoms with Crippen LogP contribution in [0.4, 0.5) is 21.5 Å². The van der Waals surface area contributed by atoms with E-state index >= 15 is 0 Å². The van der Waals surface area contributed by atoms with Crippen molar-refractivity contribution < 1.29 is 4.39 Å². The fourth-order valence-electron chi connectivity index (χ4n) is 2.56. The average molecular weight is 272 g/mol. The van der Waals surface area contributed by atoms with Crippen LogP contribution in [-0.4, -0.2) is 12.6 Å². The zero-order chi connectivity index (χ0) is 13.3. The average Bonchev–Trinajstić information content (AvgIpc) is 2.52. The molecule has 1 heterocycles. The fraction of sp³-hybridized carbons (Fsp3) is 0.538. The molecule has 0 saturated carbocycles. The van der Waals surface area contributed by atoms with Gasteiger partial charge < -0.3 is 16.4 Å². The molecule has 1 unspecified atom stereocenters. The van der Waals surface area contributed by atoms with Crippen LogP contribution in [0, 0.1) is 5.82 Å². The van der Waals surface area contributed by atoms with Gasteiger partial charge in [0.15, 0.2) is 5.82 Å². The van der Waals surface area contributed by atoms with Crippen LogP contribution < -0.4 is 16.4 Å². The van der Waals surface area contributed by atoms with E-state index < -0.39 is 5.82 Å². The molecule has 1 saturated heterocycles. The summed E-state index contributed by atoms with van der Waals surface area (Å²) in [6, 6.07) is 1.81. The Labute approximate surface area is 112 Å². The first-order valence-corrected chi connectivity index (χ1v) is 6.69. The first kappa shape index (κ1) is 13.3. The molecule has 1 aromatic rings. The Balaban J connectivity index is 2.46. The minimum atomic E-state index is -0.497. The predicted octanol–water partition coefficient (Wildman–Crippen LogP) is 3.41. The van der Waals surface area contributed by atoms with Crippen LogP contribution in [0.25, 0.3) is 0 Å². The van der Waals surface area contributed by atoms with Crippen LogP contribution in [-0.2, 0) is 0 Å². The van der Waals surface area contributed by atoms with Crippen molar-refractivity contribution in [1.29, 1.82) is 0 Å². The smallest absolute Gasteiger partial charge is 0.169 e. The van der Waals surface area contributed by atoms with Gasteiger partial charge in [0.05, 0.1) is 17.1 Å². The van der Waals surface area contributed by atoms with Gasteiger partial charge in [0, 0.05) is 12.6 Å². The van der Waals surface area contributed by atoms with E-state index in [0.717, 1.165) is 19.4 Å². The van der Waals surface area contributed by atoms with Gasteiger partial charge in [0.2, 0.25) is 0 Å². The first-order valence-electron chi connectivity index (χ1n) is 6.32. The largest absolute Gasteiger partial charge is 0.397 e. The van der Waals surface area contributed by atoms with Crippen LogP contribution in [0.1, 0.15) is 32.6 Å². The van der Waals surface area contributed by atoms with E-state index in [-0.39, 0.29) is 16.8 Å². The molecule has 0 aromatic heterocycles. The van der Waals surface area contributed by atoms with Crippen molar-refractivity contribution in [3.8, 4) is 0 Å². The molecule has 100 valence electrons. The van der Waals surface area contributed by atoms with Crippen LogP contribution >= 0.6 is 11.6 Å². The Bertz CT molecular complexity index is 450. The van der Waals surface area contributed by atoms with Crippen LogP contribution in [0.3, 0.4) is 0 Å². The Hall–Kier alpha value is -1.16. The highest BCUT2D eigenvalue weighted by Gasteiger charge is 2.24. The maximum atomic E-state index is 14.3. The van der Waals surface area contributed by atoms with Gasteiger partial charge in [-0.15, -0.1) is 0 Å². The molecule has 0 amide bonds. The maximum Gasteiger partial charge on any atom is 0.169 e. The van der Waals surface area contributed by atoms with E-state index in [1.54, 1.807) is 6.07 Å². The van der Waals surface area contributed by atoms with Crippen molar-refractivity contribution in [2.75, 3.05) is 22.9 Å². The molecule has 1 aromatic carbocycles. The zero-order valence-corrected chi connectivity index (χ0v) is 11.3. The number of nitrogen functional groups attached to an aromatic ring is 2. The van der Waals surface area contributed by atoms with Crippen molar-refractivity contribution in [2.24, 2.45) is 0 Å². The van der Waals surface area contributed by atoms with Gasteiger partial charge in [-0.05, 0) is 25.8 Å². The molecule has 0 bridgehead atoms. The fourth-order valence-corrected chi connectivity index (χ4v) is 2.70. The van der Waals surface area contributed by atoms with Crippen molar-refractivity contribution in [3.05, 3.63) is 16.9 Å². The summed E-state index contributed by atoms with van der Waals surface area (Å²) in [7, 11) is 0. The SMILES string of the molecule is CC1CCCCCN1c1c(N)cc(N)c(Cl)c1F. The molecule has 5 heteroatoms. The summed E-state index contributed by atoms with van der Waals surface area (Å²) in [5.41, 5.74) is 12.5. The summed E-state index contributed by atoms with van der Waals surface area (Å²) in [5, 5.41) is -0.0318. The lowest BCUT2D eigenvalue weighted by Crippen LogP contribution is -2.34. The first-order chi connectivity index (χ1) is 8.52. The zero-order valence-electron chi connectivity index (χ0n) is 10.5. The Morgan fingerprint density at radius 2 is 2.00 bits per heavy atom. The normalized spacial score (nSPS) is 20.8. The van der Waals surface area contributed by atoms with Gasteiger partial charge in [-0.25, -0.2) is 4.39 Å². The molecule has 18 heavy (non-hydrogen) atoms. The highest BCUT2D eigenvalue weighted by Crippen LogP contribution is 2.38. The van der Waals surface area contributed by atoms with Crippen molar-refractivity contribution in [3.63, 3.8) is 0 Å². The second kappa shape index (κ2) is 5.22. The quantitative estimate of drug-likeness (QED) is 0.770. The summed E-state index contributed by atoms with van der Waals surface area (Å²) in [4.78, 5) is 2.02. The van der Waals surface area contributed by atoms with Gasteiger partial charge in [0.25, 0.3) is 0 Å². The summed E-state index contributed by atoms with van der Waals surface area (Å²) in [6.45, 7) is 2.90. The van der Waals surface area contributed by atoms with E-state index in [1.165, 1.54) is 12.8 Å². The predicted molar refractivity (Wildman–Crippen MR) is 75.5 cm³/mol. The monoisotopic (exact) mass is 271 g/mol. The summed E-state index contributed by atoms with van der Waals surface area (Å²) < 4.78 is 14.3. The highest BCUT2D eigenvalue weighted by molar-refractivity contribution is 6.33. The minimum absolute atomic E-state index is 0.0318. The minimum Gasteiger partial charge on any atom is -0.397 e. The van der Waals surface area contributed by atoms with Gasteiger partial charge in [-0.3, -0.25) is 0 Å². The number of hydrogen-bond acceptors (Lipinski definition) is 3. The van der Waals surface area contributed by atoms with E-state index in [4.69, 9.17) is 23.1 Å². The molecule has 2 rings (SSSR count). The summed E-state index contributed by atoms with van der Waals surface area (Å²) in [5.74, 6) is -0.497. The molecule has 1 aliphatic rings. The topological polar surface area (TPSA) is 55.3 Å². The summed E-state index contributed by atoms with van der Waals surface area (Å²) >= 11 is 5.88. The third-order valence-electron chi connectivity index (χ3n) is 3.58. The molecule has 0 radical (unpaired) electrons. The standard InChI is InChI=1S/C13H19ClFN3/c1-8-5-3-2-4-6-18(8)13-10(17)7-9(16)11(14)12(13)15/h7-8H,2-6,16-17H2,1H3. The number of benzene rings is 1. The van der Waals surface area contributed by atoms with E-state index in [1.807, 2.05) is 4.90 Å². The molecule has 4 N–H and O–H groups in total. The van der Waals surface area contributed by atoms with Gasteiger partial charge in [0.1, 0.15) is 5.02 Å². The molecule has 1 atom stereocenters. The van der Waals surface area contributed by atoms with Crippen molar-refractivity contribution in [1.82, 2.24) is 0 Å². The van der Waals surface area contributed by atoms with Crippen molar-refractivity contribution >= 4 is 28.7 Å². The Morgan fingerprint density at radius 3 is 2.72 bits per heavy atom. The molecular weight excluding hydrogens is 253 g/mol. The molecule has 1 fully saturated rings. The van der Waals surface area contributed by atoms with E-state index in [9.17, 15) is 4.39 Å². The van der Waals surface area contributed by atoms with Gasteiger partial charge >= 0.3 is 0 Å². The third kappa shape index (κ3) is 2.34. The molecule has 1 aliphatic heterocycles. The Morgan fingerprint density at radius 1 is 1.28 bits per heavy atom. The lowest BCUT2D eigenvalue weighted by atomic mass is 10.1. The molecule has 0 aliphatic carbocycles. The van der Waals surface area contributed by atoms with Crippen LogP contribution in [0.15, 0.2) is 6.07 Å². The number of anilines is 3. The van der Waals surface area contributed by atoms with E-state index in [0.29, 0.717) is 11.4 Å². The number of nitrogens with two attached hydrogens (primary N) is 2. The number of rotatable bonds is 1. The third-order valence-corrected chi connectivity index (χ3v) is 3.96. The maximum absolute atomic E-state index is 14.3. The van der Waals surface area contributed by atoms with Gasteiger partial charge in [-0.1, -0.05) is 24.4 Å². The Kier molecular flexibility index (Phi) is 3.85. The number of nitrogens with zero attached hydrogens (tertiary/aromatic N) is 1. The molecule has 3 nitrogen and oxygen atoms in total. The van der Waals surface area contributed by atoms with Gasteiger partial charge in [-0.2, -0.15) is 0 Å². The highest BCUT2D eigenvalue weighted by atomic mass is 35.5. The summed E-state index contributed by atoms with van der Waals surface area (Å²) in [6.07, 6.45) is 4.43. The number of halogens is 2. The number of hydrogen-bond donors (Lipinski definition) is 2. The molecular formula is C13H19ClFN3. The second-order valence-electron chi connectivity index (χ2n) is 4.92.